The van der Waals surface area contributed by atoms with Gasteiger partial charge in [0.25, 0.3) is 0 Å². The summed E-state index contributed by atoms with van der Waals surface area (Å²) in [4.78, 5) is 14.5. The fourth-order valence-electron chi connectivity index (χ4n) is 2.44. The molecule has 1 aliphatic carbocycles. The van der Waals surface area contributed by atoms with Crippen LogP contribution in [0.3, 0.4) is 0 Å². The summed E-state index contributed by atoms with van der Waals surface area (Å²) in [6.45, 7) is 5.33. The van der Waals surface area contributed by atoms with E-state index < -0.39 is 0 Å². The molecule has 0 saturated heterocycles. The number of nitrogens with two attached hydrogens (primary N) is 1. The van der Waals surface area contributed by atoms with E-state index in [1.54, 1.807) is 0 Å². The van der Waals surface area contributed by atoms with Crippen LogP contribution in [0.1, 0.15) is 45.1 Å². The van der Waals surface area contributed by atoms with E-state index >= 15 is 0 Å². The molecule has 0 spiro atoms. The molecule has 1 saturated carbocycles. The first-order valence-electron chi connectivity index (χ1n) is 7.70. The highest BCUT2D eigenvalue weighted by Gasteiger charge is 2.31. The van der Waals surface area contributed by atoms with Gasteiger partial charge in [0.15, 0.2) is 0 Å². The standard InChI is InChI=1S/C17H26N2O/c1-13(2)11-12-19(15-8-9-15)17(20)10-7-14-5-3-4-6-16(14)18/h3-6,13,15H,7-12,18H2,1-2H3. The van der Waals surface area contributed by atoms with Crippen molar-refractivity contribution < 1.29 is 4.79 Å². The Morgan fingerprint density at radius 3 is 2.65 bits per heavy atom. The van der Waals surface area contributed by atoms with Crippen molar-refractivity contribution in [2.75, 3.05) is 12.3 Å². The Bertz CT molecular complexity index is 452. The highest BCUT2D eigenvalue weighted by atomic mass is 16.2. The molecule has 3 nitrogen and oxygen atoms in total. The van der Waals surface area contributed by atoms with Crippen LogP contribution in [0.25, 0.3) is 0 Å². The summed E-state index contributed by atoms with van der Waals surface area (Å²) in [5.41, 5.74) is 7.80. The normalized spacial score (nSPS) is 14.6. The molecular weight excluding hydrogens is 248 g/mol. The maximum Gasteiger partial charge on any atom is 0.223 e. The Balaban J connectivity index is 1.87. The molecule has 1 fully saturated rings. The monoisotopic (exact) mass is 274 g/mol. The SMILES string of the molecule is CC(C)CCN(C(=O)CCc1ccccc1N)C1CC1. The van der Waals surface area contributed by atoms with Crippen molar-refractivity contribution in [3.8, 4) is 0 Å². The Labute approximate surface area is 122 Å². The number of rotatable bonds is 7. The van der Waals surface area contributed by atoms with Gasteiger partial charge in [0.1, 0.15) is 0 Å². The van der Waals surface area contributed by atoms with Gasteiger partial charge in [0.2, 0.25) is 5.91 Å². The van der Waals surface area contributed by atoms with Crippen molar-refractivity contribution >= 4 is 11.6 Å². The van der Waals surface area contributed by atoms with Gasteiger partial charge in [-0.3, -0.25) is 4.79 Å². The highest BCUT2D eigenvalue weighted by Crippen LogP contribution is 2.28. The maximum absolute atomic E-state index is 12.4. The van der Waals surface area contributed by atoms with Crippen LogP contribution in [0, 0.1) is 5.92 Å². The van der Waals surface area contributed by atoms with Gasteiger partial charge in [-0.05, 0) is 43.2 Å². The molecule has 0 aliphatic heterocycles. The van der Waals surface area contributed by atoms with Gasteiger partial charge in [-0.2, -0.15) is 0 Å². The highest BCUT2D eigenvalue weighted by molar-refractivity contribution is 5.77. The Hall–Kier alpha value is -1.51. The molecular formula is C17H26N2O. The fourth-order valence-corrected chi connectivity index (χ4v) is 2.44. The average molecular weight is 274 g/mol. The van der Waals surface area contributed by atoms with Crippen LogP contribution < -0.4 is 5.73 Å². The summed E-state index contributed by atoms with van der Waals surface area (Å²) >= 11 is 0. The van der Waals surface area contributed by atoms with Crippen molar-refractivity contribution in [1.29, 1.82) is 0 Å². The van der Waals surface area contributed by atoms with E-state index in [-0.39, 0.29) is 5.91 Å². The van der Waals surface area contributed by atoms with Crippen LogP contribution in [0.4, 0.5) is 5.69 Å². The molecule has 1 aromatic carbocycles. The summed E-state index contributed by atoms with van der Waals surface area (Å²) in [6.07, 6.45) is 4.77. The molecule has 2 rings (SSSR count). The van der Waals surface area contributed by atoms with Crippen LogP contribution in [0.5, 0.6) is 0 Å². The van der Waals surface area contributed by atoms with Crippen LogP contribution in [0.2, 0.25) is 0 Å². The Kier molecular flexibility index (Phi) is 5.05. The third-order valence-electron chi connectivity index (χ3n) is 3.92. The van der Waals surface area contributed by atoms with Gasteiger partial charge in [-0.25, -0.2) is 0 Å². The second-order valence-corrected chi connectivity index (χ2v) is 6.20. The van der Waals surface area contributed by atoms with Crippen LogP contribution in [0.15, 0.2) is 24.3 Å². The predicted octanol–water partition coefficient (Wildman–Crippen LogP) is 3.24. The lowest BCUT2D eigenvalue weighted by molar-refractivity contribution is -0.131. The van der Waals surface area contributed by atoms with E-state index in [1.807, 2.05) is 24.3 Å². The molecule has 1 aromatic rings. The number of benzene rings is 1. The average Bonchev–Trinajstić information content (AvgIpc) is 3.22. The van der Waals surface area contributed by atoms with Crippen LogP contribution >= 0.6 is 0 Å². The summed E-state index contributed by atoms with van der Waals surface area (Å²) < 4.78 is 0. The zero-order valence-corrected chi connectivity index (χ0v) is 12.6. The number of para-hydroxylation sites is 1. The van der Waals surface area contributed by atoms with Crippen molar-refractivity contribution in [2.24, 2.45) is 5.92 Å². The topological polar surface area (TPSA) is 46.3 Å². The van der Waals surface area contributed by atoms with Gasteiger partial charge < -0.3 is 10.6 Å². The van der Waals surface area contributed by atoms with E-state index in [4.69, 9.17) is 5.73 Å². The van der Waals surface area contributed by atoms with Crippen LogP contribution in [-0.4, -0.2) is 23.4 Å². The van der Waals surface area contributed by atoms with Crippen molar-refractivity contribution in [3.05, 3.63) is 29.8 Å². The maximum atomic E-state index is 12.4. The number of hydrogen-bond donors (Lipinski definition) is 1. The van der Waals surface area contributed by atoms with E-state index in [2.05, 4.69) is 18.7 Å². The zero-order chi connectivity index (χ0) is 14.5. The number of amides is 1. The number of anilines is 1. The zero-order valence-electron chi connectivity index (χ0n) is 12.6. The molecule has 0 aromatic heterocycles. The Morgan fingerprint density at radius 2 is 2.05 bits per heavy atom. The number of carbonyl (C=O) groups is 1. The van der Waals surface area contributed by atoms with Crippen molar-refractivity contribution in [1.82, 2.24) is 4.90 Å². The lowest BCUT2D eigenvalue weighted by Crippen LogP contribution is -2.34. The largest absolute Gasteiger partial charge is 0.399 e. The van der Waals surface area contributed by atoms with Gasteiger partial charge in [0, 0.05) is 24.7 Å². The summed E-state index contributed by atoms with van der Waals surface area (Å²) in [5, 5.41) is 0. The molecule has 2 N–H and O–H groups in total. The number of nitrogens with zero attached hydrogens (tertiary/aromatic N) is 1. The molecule has 20 heavy (non-hydrogen) atoms. The summed E-state index contributed by atoms with van der Waals surface area (Å²) in [7, 11) is 0. The third-order valence-corrected chi connectivity index (χ3v) is 3.92. The molecule has 0 radical (unpaired) electrons. The molecule has 1 aliphatic rings. The minimum atomic E-state index is 0.288. The molecule has 0 bridgehead atoms. The number of carbonyl (C=O) groups excluding carboxylic acids is 1. The summed E-state index contributed by atoms with van der Waals surface area (Å²) in [5.74, 6) is 0.935. The van der Waals surface area contributed by atoms with E-state index in [0.717, 1.165) is 30.6 Å². The predicted molar refractivity (Wildman–Crippen MR) is 83.4 cm³/mol. The lowest BCUT2D eigenvalue weighted by atomic mass is 10.1. The third kappa shape index (κ3) is 4.26. The first-order chi connectivity index (χ1) is 9.58. The smallest absolute Gasteiger partial charge is 0.223 e. The quantitative estimate of drug-likeness (QED) is 0.776. The molecule has 0 heterocycles. The van der Waals surface area contributed by atoms with Gasteiger partial charge in [0.05, 0.1) is 0 Å². The Morgan fingerprint density at radius 1 is 1.35 bits per heavy atom. The molecule has 110 valence electrons. The van der Waals surface area contributed by atoms with Crippen molar-refractivity contribution in [2.45, 2.75) is 52.0 Å². The number of aryl methyl sites for hydroxylation is 1. The van der Waals surface area contributed by atoms with Gasteiger partial charge in [-0.15, -0.1) is 0 Å². The van der Waals surface area contributed by atoms with Gasteiger partial charge in [-0.1, -0.05) is 32.0 Å². The molecule has 3 heteroatoms. The number of hydrogen-bond acceptors (Lipinski definition) is 2. The second-order valence-electron chi connectivity index (χ2n) is 6.20. The minimum Gasteiger partial charge on any atom is -0.399 e. The first-order valence-corrected chi connectivity index (χ1v) is 7.70. The van der Waals surface area contributed by atoms with Gasteiger partial charge >= 0.3 is 0 Å². The molecule has 0 atom stereocenters. The fraction of sp³-hybridized carbons (Fsp3) is 0.588. The molecule has 1 amide bonds. The second kappa shape index (κ2) is 6.78. The minimum absolute atomic E-state index is 0.288. The molecule has 0 unspecified atom stereocenters. The van der Waals surface area contributed by atoms with Crippen molar-refractivity contribution in [3.63, 3.8) is 0 Å². The number of nitrogen functional groups attached to an aromatic ring is 1. The van der Waals surface area contributed by atoms with E-state index in [9.17, 15) is 4.79 Å². The van der Waals surface area contributed by atoms with Crippen LogP contribution in [-0.2, 0) is 11.2 Å². The van der Waals surface area contributed by atoms with E-state index in [1.165, 1.54) is 12.8 Å². The van der Waals surface area contributed by atoms with E-state index in [0.29, 0.717) is 18.4 Å². The first kappa shape index (κ1) is 14.9. The summed E-state index contributed by atoms with van der Waals surface area (Å²) in [6, 6.07) is 8.33. The lowest BCUT2D eigenvalue weighted by Gasteiger charge is -2.23.